The van der Waals surface area contributed by atoms with Crippen molar-refractivity contribution < 1.29 is 4.74 Å². The zero-order chi connectivity index (χ0) is 13.8. The largest absolute Gasteiger partial charge is 0.489 e. The number of nitrogens with two attached hydrogens (primary N) is 1. The van der Waals surface area contributed by atoms with Gasteiger partial charge < -0.3 is 10.5 Å². The average Bonchev–Trinajstić information content (AvgIpc) is 2.37. The van der Waals surface area contributed by atoms with E-state index in [2.05, 4.69) is 31.9 Å². The van der Waals surface area contributed by atoms with Crippen molar-refractivity contribution in [1.29, 1.82) is 0 Å². The number of halogens is 2. The average molecular weight is 385 g/mol. The summed E-state index contributed by atoms with van der Waals surface area (Å²) >= 11 is 7.03. The molecule has 19 heavy (non-hydrogen) atoms. The summed E-state index contributed by atoms with van der Waals surface area (Å²) in [5, 5.41) is 0. The first kappa shape index (κ1) is 14.6. The number of hydrogen-bond acceptors (Lipinski definition) is 2. The minimum atomic E-state index is 0.00620. The van der Waals surface area contributed by atoms with Gasteiger partial charge >= 0.3 is 0 Å². The van der Waals surface area contributed by atoms with Gasteiger partial charge in [-0.25, -0.2) is 0 Å². The van der Waals surface area contributed by atoms with E-state index in [1.807, 2.05) is 49.4 Å². The number of ether oxygens (including phenoxy) is 1. The van der Waals surface area contributed by atoms with Gasteiger partial charge in [0.2, 0.25) is 0 Å². The molecule has 2 aromatic rings. The van der Waals surface area contributed by atoms with E-state index in [0.717, 1.165) is 25.8 Å². The van der Waals surface area contributed by atoms with Crippen molar-refractivity contribution in [2.75, 3.05) is 0 Å². The van der Waals surface area contributed by atoms with Gasteiger partial charge in [0.1, 0.15) is 12.4 Å². The summed E-state index contributed by atoms with van der Waals surface area (Å²) in [4.78, 5) is 0. The van der Waals surface area contributed by atoms with E-state index in [1.54, 1.807) is 0 Å². The van der Waals surface area contributed by atoms with Gasteiger partial charge in [0.05, 0.1) is 0 Å². The topological polar surface area (TPSA) is 35.2 Å². The highest BCUT2D eigenvalue weighted by Crippen LogP contribution is 2.27. The Labute approximate surface area is 130 Å². The van der Waals surface area contributed by atoms with Gasteiger partial charge in [-0.05, 0) is 30.7 Å². The molecule has 2 rings (SSSR count). The summed E-state index contributed by atoms with van der Waals surface area (Å²) in [7, 11) is 0. The van der Waals surface area contributed by atoms with Crippen LogP contribution in [0.1, 0.15) is 24.1 Å². The van der Waals surface area contributed by atoms with Gasteiger partial charge in [-0.3, -0.25) is 0 Å². The summed E-state index contributed by atoms with van der Waals surface area (Å²) in [5.74, 6) is 0.826. The molecule has 0 bridgehead atoms. The van der Waals surface area contributed by atoms with Crippen molar-refractivity contribution in [3.05, 3.63) is 62.5 Å². The standard InChI is InChI=1S/C15H15Br2NO/c1-10(18)13-7-6-12(8-15(13)17)19-9-11-4-2-3-5-14(11)16/h2-8,10H,9,18H2,1H3/t10-/m1/s1. The van der Waals surface area contributed by atoms with Crippen LogP contribution < -0.4 is 10.5 Å². The lowest BCUT2D eigenvalue weighted by molar-refractivity contribution is 0.305. The molecule has 0 saturated heterocycles. The van der Waals surface area contributed by atoms with E-state index in [1.165, 1.54) is 0 Å². The third-order valence-corrected chi connectivity index (χ3v) is 4.28. The van der Waals surface area contributed by atoms with Crippen LogP contribution in [0.15, 0.2) is 51.4 Å². The van der Waals surface area contributed by atoms with Crippen LogP contribution >= 0.6 is 31.9 Å². The molecule has 2 N–H and O–H groups in total. The first-order valence-electron chi connectivity index (χ1n) is 5.99. The molecular weight excluding hydrogens is 370 g/mol. The molecule has 1 atom stereocenters. The lowest BCUT2D eigenvalue weighted by Gasteiger charge is -2.12. The van der Waals surface area contributed by atoms with Crippen molar-refractivity contribution in [1.82, 2.24) is 0 Å². The minimum absolute atomic E-state index is 0.00620. The quantitative estimate of drug-likeness (QED) is 0.820. The molecule has 100 valence electrons. The Morgan fingerprint density at radius 1 is 1.11 bits per heavy atom. The smallest absolute Gasteiger partial charge is 0.120 e. The Balaban J connectivity index is 2.08. The summed E-state index contributed by atoms with van der Waals surface area (Å²) in [5.41, 5.74) is 8.07. The minimum Gasteiger partial charge on any atom is -0.489 e. The van der Waals surface area contributed by atoms with E-state index in [9.17, 15) is 0 Å². The first-order chi connectivity index (χ1) is 9.08. The maximum Gasteiger partial charge on any atom is 0.120 e. The van der Waals surface area contributed by atoms with Gasteiger partial charge in [-0.1, -0.05) is 56.1 Å². The molecule has 0 unspecified atom stereocenters. The van der Waals surface area contributed by atoms with Crippen LogP contribution in [-0.4, -0.2) is 0 Å². The van der Waals surface area contributed by atoms with Gasteiger partial charge in [0.15, 0.2) is 0 Å². The Kier molecular flexibility index (Phi) is 5.02. The summed E-state index contributed by atoms with van der Waals surface area (Å²) < 4.78 is 7.82. The normalized spacial score (nSPS) is 12.2. The molecule has 0 aromatic heterocycles. The maximum absolute atomic E-state index is 5.87. The van der Waals surface area contributed by atoms with Gasteiger partial charge in [0, 0.05) is 20.6 Å². The SMILES string of the molecule is C[C@@H](N)c1ccc(OCc2ccccc2Br)cc1Br. The molecule has 0 aliphatic carbocycles. The third-order valence-electron chi connectivity index (χ3n) is 2.81. The molecule has 0 saturated carbocycles. The van der Waals surface area contributed by atoms with Gasteiger partial charge in [0.25, 0.3) is 0 Å². The fourth-order valence-corrected chi connectivity index (χ4v) is 2.86. The van der Waals surface area contributed by atoms with Crippen LogP contribution in [0, 0.1) is 0 Å². The van der Waals surface area contributed by atoms with Gasteiger partial charge in [-0.2, -0.15) is 0 Å². The van der Waals surface area contributed by atoms with Crippen LogP contribution in [0.4, 0.5) is 0 Å². The zero-order valence-electron chi connectivity index (χ0n) is 10.6. The van der Waals surface area contributed by atoms with Crippen LogP contribution in [0.3, 0.4) is 0 Å². The highest BCUT2D eigenvalue weighted by atomic mass is 79.9. The van der Waals surface area contributed by atoms with E-state index in [4.69, 9.17) is 10.5 Å². The van der Waals surface area contributed by atoms with Crippen LogP contribution in [0.2, 0.25) is 0 Å². The molecule has 0 aliphatic heterocycles. The van der Waals surface area contributed by atoms with Crippen LogP contribution in [-0.2, 0) is 6.61 Å². The van der Waals surface area contributed by atoms with Crippen molar-refractivity contribution in [3.8, 4) is 5.75 Å². The molecule has 0 amide bonds. The van der Waals surface area contributed by atoms with E-state index >= 15 is 0 Å². The number of rotatable bonds is 4. The second-order valence-corrected chi connectivity index (χ2v) is 6.06. The maximum atomic E-state index is 5.87. The molecule has 2 nitrogen and oxygen atoms in total. The molecular formula is C15H15Br2NO. The molecule has 0 heterocycles. The first-order valence-corrected chi connectivity index (χ1v) is 7.58. The highest BCUT2D eigenvalue weighted by Gasteiger charge is 2.07. The fraction of sp³-hybridized carbons (Fsp3) is 0.200. The van der Waals surface area contributed by atoms with Crippen LogP contribution in [0.5, 0.6) is 5.75 Å². The lowest BCUT2D eigenvalue weighted by Crippen LogP contribution is -2.06. The predicted octanol–water partition coefficient (Wildman–Crippen LogP) is 4.81. The summed E-state index contributed by atoms with van der Waals surface area (Å²) in [6.45, 7) is 2.49. The molecule has 0 spiro atoms. The van der Waals surface area contributed by atoms with Crippen LogP contribution in [0.25, 0.3) is 0 Å². The molecule has 4 heteroatoms. The Bertz CT molecular complexity index is 570. The lowest BCUT2D eigenvalue weighted by atomic mass is 10.1. The highest BCUT2D eigenvalue weighted by molar-refractivity contribution is 9.10. The Morgan fingerprint density at radius 3 is 2.47 bits per heavy atom. The fourth-order valence-electron chi connectivity index (χ4n) is 1.74. The molecule has 2 aromatic carbocycles. The van der Waals surface area contributed by atoms with Crippen molar-refractivity contribution in [2.45, 2.75) is 19.6 Å². The number of hydrogen-bond donors (Lipinski definition) is 1. The monoisotopic (exact) mass is 383 g/mol. The second-order valence-electron chi connectivity index (χ2n) is 4.35. The number of benzene rings is 2. The predicted molar refractivity (Wildman–Crippen MR) is 85.2 cm³/mol. The van der Waals surface area contributed by atoms with E-state index in [0.29, 0.717) is 6.61 Å². The summed E-state index contributed by atoms with van der Waals surface area (Å²) in [6, 6.07) is 13.9. The third kappa shape index (κ3) is 3.81. The van der Waals surface area contributed by atoms with Crippen molar-refractivity contribution >= 4 is 31.9 Å². The van der Waals surface area contributed by atoms with E-state index in [-0.39, 0.29) is 6.04 Å². The Morgan fingerprint density at radius 2 is 1.84 bits per heavy atom. The van der Waals surface area contributed by atoms with Crippen molar-refractivity contribution in [2.24, 2.45) is 5.73 Å². The molecule has 0 fully saturated rings. The second kappa shape index (κ2) is 6.55. The Hall–Kier alpha value is -0.840. The van der Waals surface area contributed by atoms with Gasteiger partial charge in [-0.15, -0.1) is 0 Å². The molecule has 0 aliphatic rings. The van der Waals surface area contributed by atoms with E-state index < -0.39 is 0 Å². The summed E-state index contributed by atoms with van der Waals surface area (Å²) in [6.07, 6.45) is 0. The van der Waals surface area contributed by atoms with Crippen molar-refractivity contribution in [3.63, 3.8) is 0 Å². The molecule has 0 radical (unpaired) electrons. The zero-order valence-corrected chi connectivity index (χ0v) is 13.7.